The third-order valence-electron chi connectivity index (χ3n) is 1.87. The lowest BCUT2D eigenvalue weighted by atomic mass is 10.3. The summed E-state index contributed by atoms with van der Waals surface area (Å²) >= 11 is 6.41. The Hall–Kier alpha value is -1.27. The van der Waals surface area contributed by atoms with Gasteiger partial charge in [0.1, 0.15) is 10.8 Å². The van der Waals surface area contributed by atoms with Crippen LogP contribution in [0.25, 0.3) is 10.6 Å². The van der Waals surface area contributed by atoms with Gasteiger partial charge in [-0.05, 0) is 24.7 Å². The predicted octanol–water partition coefficient (Wildman–Crippen LogP) is 3.05. The first kappa shape index (κ1) is 11.2. The van der Waals surface area contributed by atoms with Gasteiger partial charge in [-0.1, -0.05) is 18.3 Å². The van der Waals surface area contributed by atoms with Crippen molar-refractivity contribution in [2.24, 2.45) is 0 Å². The second-order valence-corrected chi connectivity index (χ2v) is 4.84. The van der Waals surface area contributed by atoms with Crippen LogP contribution in [0.2, 0.25) is 0 Å². The van der Waals surface area contributed by atoms with E-state index in [0.717, 1.165) is 22.7 Å². The lowest BCUT2D eigenvalue weighted by Crippen LogP contribution is -1.95. The largest absolute Gasteiger partial charge is 0.492 e. The van der Waals surface area contributed by atoms with Crippen LogP contribution >= 0.6 is 23.6 Å². The van der Waals surface area contributed by atoms with Crippen LogP contribution < -0.4 is 4.74 Å². The number of nitrogens with zero attached hydrogens (tertiary/aromatic N) is 2. The van der Waals surface area contributed by atoms with Crippen LogP contribution in [0.15, 0.2) is 18.5 Å². The smallest absolute Gasteiger partial charge is 0.176 e. The highest BCUT2D eigenvalue weighted by atomic mass is 32.1. The molecule has 0 unspecified atom stereocenters. The molecule has 0 saturated heterocycles. The van der Waals surface area contributed by atoms with Crippen molar-refractivity contribution in [1.82, 2.24) is 15.2 Å². The predicted molar refractivity (Wildman–Crippen MR) is 66.3 cm³/mol. The quantitative estimate of drug-likeness (QED) is 0.851. The summed E-state index contributed by atoms with van der Waals surface area (Å²) in [5, 5.41) is 7.68. The number of aromatic nitrogens is 3. The molecule has 6 heteroatoms. The third kappa shape index (κ3) is 2.65. The fraction of sp³-hybridized carbons (Fsp3) is 0.300. The van der Waals surface area contributed by atoms with Crippen LogP contribution in [0.3, 0.4) is 0 Å². The molecule has 2 aromatic heterocycles. The molecule has 0 aromatic carbocycles. The Labute approximate surface area is 102 Å². The fourth-order valence-electron chi connectivity index (χ4n) is 1.19. The molecule has 0 bridgehead atoms. The van der Waals surface area contributed by atoms with Gasteiger partial charge in [0.05, 0.1) is 12.8 Å². The minimum absolute atomic E-state index is 0.662. The maximum atomic E-state index is 5.50. The molecule has 0 fully saturated rings. The van der Waals surface area contributed by atoms with Gasteiger partial charge in [0.2, 0.25) is 0 Å². The monoisotopic (exact) mass is 253 g/mol. The van der Waals surface area contributed by atoms with Crippen LogP contribution in [0.5, 0.6) is 5.75 Å². The highest BCUT2D eigenvalue weighted by Crippen LogP contribution is 2.24. The molecule has 2 aromatic rings. The van der Waals surface area contributed by atoms with Gasteiger partial charge < -0.3 is 4.74 Å². The highest BCUT2D eigenvalue weighted by molar-refractivity contribution is 7.73. The van der Waals surface area contributed by atoms with Gasteiger partial charge in [-0.3, -0.25) is 10.1 Å². The summed E-state index contributed by atoms with van der Waals surface area (Å²) in [7, 11) is 0. The van der Waals surface area contributed by atoms with Gasteiger partial charge in [-0.25, -0.2) is 0 Å². The first-order valence-electron chi connectivity index (χ1n) is 4.93. The Balaban J connectivity index is 2.25. The van der Waals surface area contributed by atoms with Gasteiger partial charge >= 0.3 is 0 Å². The van der Waals surface area contributed by atoms with Crippen LogP contribution in [0.1, 0.15) is 13.3 Å². The summed E-state index contributed by atoms with van der Waals surface area (Å²) in [6.45, 7) is 2.76. The molecule has 16 heavy (non-hydrogen) atoms. The van der Waals surface area contributed by atoms with E-state index in [1.165, 1.54) is 11.3 Å². The van der Waals surface area contributed by atoms with Crippen molar-refractivity contribution in [3.05, 3.63) is 22.4 Å². The summed E-state index contributed by atoms with van der Waals surface area (Å²) < 4.78 is 6.16. The SMILES string of the molecule is CCCOc1cncc(-c2n[nH]c(=S)s2)c1. The topological polar surface area (TPSA) is 50.8 Å². The highest BCUT2D eigenvalue weighted by Gasteiger charge is 2.04. The number of nitrogens with one attached hydrogen (secondary N) is 1. The summed E-state index contributed by atoms with van der Waals surface area (Å²) in [5.41, 5.74) is 0.922. The Morgan fingerprint density at radius 3 is 3.06 bits per heavy atom. The molecule has 0 atom stereocenters. The second kappa shape index (κ2) is 5.18. The maximum Gasteiger partial charge on any atom is 0.176 e. The summed E-state index contributed by atoms with van der Waals surface area (Å²) in [4.78, 5) is 4.12. The van der Waals surface area contributed by atoms with Gasteiger partial charge in [0, 0.05) is 11.8 Å². The van der Waals surface area contributed by atoms with E-state index in [1.807, 2.05) is 6.07 Å². The molecule has 0 radical (unpaired) electrons. The van der Waals surface area contributed by atoms with E-state index in [9.17, 15) is 0 Å². The first-order valence-corrected chi connectivity index (χ1v) is 6.16. The number of hydrogen-bond donors (Lipinski definition) is 1. The molecular weight excluding hydrogens is 242 g/mol. The molecule has 0 amide bonds. The average molecular weight is 253 g/mol. The van der Waals surface area contributed by atoms with Crippen molar-refractivity contribution in [1.29, 1.82) is 0 Å². The molecule has 4 nitrogen and oxygen atoms in total. The van der Waals surface area contributed by atoms with Crippen molar-refractivity contribution in [2.45, 2.75) is 13.3 Å². The van der Waals surface area contributed by atoms with E-state index in [-0.39, 0.29) is 0 Å². The number of rotatable bonds is 4. The van der Waals surface area contributed by atoms with Crippen molar-refractivity contribution < 1.29 is 4.74 Å². The van der Waals surface area contributed by atoms with E-state index >= 15 is 0 Å². The third-order valence-corrected chi connectivity index (χ3v) is 3.01. The summed E-state index contributed by atoms with van der Waals surface area (Å²) in [6, 6.07) is 1.92. The molecule has 0 aliphatic heterocycles. The number of H-pyrrole nitrogens is 1. The Morgan fingerprint density at radius 1 is 1.50 bits per heavy atom. The Bertz CT molecular complexity index is 521. The van der Waals surface area contributed by atoms with E-state index < -0.39 is 0 Å². The zero-order chi connectivity index (χ0) is 11.4. The first-order chi connectivity index (χ1) is 7.79. The number of hydrogen-bond acceptors (Lipinski definition) is 5. The maximum absolute atomic E-state index is 5.50. The molecule has 1 N–H and O–H groups in total. The second-order valence-electron chi connectivity index (χ2n) is 3.18. The number of pyridine rings is 1. The van der Waals surface area contributed by atoms with E-state index in [1.54, 1.807) is 12.4 Å². The molecular formula is C10H11N3OS2. The van der Waals surface area contributed by atoms with Crippen LogP contribution in [-0.4, -0.2) is 21.8 Å². The van der Waals surface area contributed by atoms with Gasteiger partial charge in [0.15, 0.2) is 3.95 Å². The van der Waals surface area contributed by atoms with E-state index in [4.69, 9.17) is 17.0 Å². The van der Waals surface area contributed by atoms with Crippen molar-refractivity contribution in [2.75, 3.05) is 6.61 Å². The van der Waals surface area contributed by atoms with Crippen molar-refractivity contribution in [3.8, 4) is 16.3 Å². The summed E-state index contributed by atoms with van der Waals surface area (Å²) in [5.74, 6) is 0.764. The Kier molecular flexibility index (Phi) is 3.63. The number of aromatic amines is 1. The van der Waals surface area contributed by atoms with Crippen LogP contribution in [-0.2, 0) is 0 Å². The molecule has 0 aliphatic carbocycles. The molecule has 0 aliphatic rings. The molecule has 0 spiro atoms. The summed E-state index contributed by atoms with van der Waals surface area (Å²) in [6.07, 6.45) is 4.43. The Morgan fingerprint density at radius 2 is 2.38 bits per heavy atom. The van der Waals surface area contributed by atoms with Crippen molar-refractivity contribution in [3.63, 3.8) is 0 Å². The fourth-order valence-corrected chi connectivity index (χ4v) is 2.06. The average Bonchev–Trinajstić information content (AvgIpc) is 2.74. The zero-order valence-corrected chi connectivity index (χ0v) is 10.4. The normalized spacial score (nSPS) is 10.3. The van der Waals surface area contributed by atoms with E-state index in [2.05, 4.69) is 22.1 Å². The molecule has 0 saturated carbocycles. The minimum Gasteiger partial charge on any atom is -0.492 e. The molecule has 2 heterocycles. The number of ether oxygens (including phenoxy) is 1. The minimum atomic E-state index is 0.662. The van der Waals surface area contributed by atoms with Gasteiger partial charge in [-0.15, -0.1) is 0 Å². The molecule has 2 rings (SSSR count). The molecule has 84 valence electrons. The van der Waals surface area contributed by atoms with Crippen LogP contribution in [0.4, 0.5) is 0 Å². The lowest BCUT2D eigenvalue weighted by Gasteiger charge is -2.04. The standard InChI is InChI=1S/C10H11N3OS2/c1-2-3-14-8-4-7(5-11-6-8)9-12-13-10(15)16-9/h4-6H,2-3H2,1H3,(H,13,15). The van der Waals surface area contributed by atoms with Crippen LogP contribution in [0, 0.1) is 3.95 Å². The van der Waals surface area contributed by atoms with E-state index in [0.29, 0.717) is 10.6 Å². The van der Waals surface area contributed by atoms with Gasteiger partial charge in [-0.2, -0.15) is 5.10 Å². The zero-order valence-electron chi connectivity index (χ0n) is 8.77. The van der Waals surface area contributed by atoms with Gasteiger partial charge in [0.25, 0.3) is 0 Å². The lowest BCUT2D eigenvalue weighted by molar-refractivity contribution is 0.316. The van der Waals surface area contributed by atoms with Crippen molar-refractivity contribution >= 4 is 23.6 Å².